The lowest BCUT2D eigenvalue weighted by molar-refractivity contribution is 0.180. The fraction of sp³-hybridized carbons (Fsp3) is 0.583. The van der Waals surface area contributed by atoms with E-state index >= 15 is 0 Å². The van der Waals surface area contributed by atoms with Crippen LogP contribution in [0.4, 0.5) is 0 Å². The van der Waals surface area contributed by atoms with Crippen LogP contribution in [0.2, 0.25) is 0 Å². The van der Waals surface area contributed by atoms with E-state index in [0.717, 1.165) is 5.69 Å². The van der Waals surface area contributed by atoms with E-state index in [1.165, 1.54) is 12.8 Å². The smallest absolute Gasteiger partial charge is 0.138 e. The molecule has 0 radical (unpaired) electrons. The minimum Gasteiger partial charge on any atom is -0.506 e. The quantitative estimate of drug-likeness (QED) is 0.782. The molecule has 1 fully saturated rings. The van der Waals surface area contributed by atoms with Crippen LogP contribution in [0.15, 0.2) is 12.1 Å². The third-order valence-electron chi connectivity index (χ3n) is 2.89. The Morgan fingerprint density at radius 1 is 1.44 bits per heavy atom. The first-order valence-electron chi connectivity index (χ1n) is 5.71. The third-order valence-corrected chi connectivity index (χ3v) is 2.89. The van der Waals surface area contributed by atoms with Gasteiger partial charge in [-0.2, -0.15) is 0 Å². The highest BCUT2D eigenvalue weighted by molar-refractivity contribution is 5.27. The lowest BCUT2D eigenvalue weighted by Gasteiger charge is -2.20. The average Bonchev–Trinajstić information content (AvgIpc) is 3.06. The summed E-state index contributed by atoms with van der Waals surface area (Å²) in [5.74, 6) is 0.245. The first kappa shape index (κ1) is 11.4. The van der Waals surface area contributed by atoms with E-state index in [-0.39, 0.29) is 12.4 Å². The molecule has 0 spiro atoms. The molecule has 1 saturated carbocycles. The Balaban J connectivity index is 2.08. The van der Waals surface area contributed by atoms with Crippen LogP contribution in [0.3, 0.4) is 0 Å². The van der Waals surface area contributed by atoms with Crippen LogP contribution >= 0.6 is 0 Å². The van der Waals surface area contributed by atoms with Gasteiger partial charge in [0, 0.05) is 24.8 Å². The van der Waals surface area contributed by atoms with Crippen molar-refractivity contribution in [1.82, 2.24) is 9.88 Å². The van der Waals surface area contributed by atoms with Gasteiger partial charge in [0.05, 0.1) is 12.3 Å². The number of aliphatic hydroxyl groups excluding tert-OH is 1. The fourth-order valence-corrected chi connectivity index (χ4v) is 1.87. The topological polar surface area (TPSA) is 56.6 Å². The van der Waals surface area contributed by atoms with E-state index in [9.17, 15) is 5.11 Å². The largest absolute Gasteiger partial charge is 0.506 e. The number of hydrogen-bond donors (Lipinski definition) is 2. The van der Waals surface area contributed by atoms with Crippen LogP contribution in [-0.4, -0.2) is 39.3 Å². The first-order valence-corrected chi connectivity index (χ1v) is 5.71. The molecule has 0 unspecified atom stereocenters. The second-order valence-corrected chi connectivity index (χ2v) is 4.34. The number of hydrogen-bond acceptors (Lipinski definition) is 4. The summed E-state index contributed by atoms with van der Waals surface area (Å²) in [6.45, 7) is 3.35. The van der Waals surface area contributed by atoms with Gasteiger partial charge in [-0.1, -0.05) is 0 Å². The van der Waals surface area contributed by atoms with Crippen LogP contribution in [0.5, 0.6) is 5.75 Å². The molecule has 88 valence electrons. The molecule has 4 nitrogen and oxygen atoms in total. The maximum absolute atomic E-state index is 9.70. The molecule has 2 rings (SSSR count). The van der Waals surface area contributed by atoms with Gasteiger partial charge in [0.1, 0.15) is 5.75 Å². The Kier molecular flexibility index (Phi) is 3.41. The summed E-state index contributed by atoms with van der Waals surface area (Å²) in [5.41, 5.74) is 1.62. The lowest BCUT2D eigenvalue weighted by atomic mass is 10.2. The summed E-state index contributed by atoms with van der Waals surface area (Å²) in [7, 11) is 0. The van der Waals surface area contributed by atoms with Crippen LogP contribution in [0.25, 0.3) is 0 Å². The number of aliphatic hydroxyl groups is 1. The molecule has 16 heavy (non-hydrogen) atoms. The van der Waals surface area contributed by atoms with Crippen molar-refractivity contribution in [2.45, 2.75) is 32.4 Å². The molecule has 1 aromatic rings. The van der Waals surface area contributed by atoms with Crippen molar-refractivity contribution in [1.29, 1.82) is 0 Å². The van der Waals surface area contributed by atoms with Gasteiger partial charge in [-0.25, -0.2) is 0 Å². The van der Waals surface area contributed by atoms with Crippen molar-refractivity contribution < 1.29 is 10.2 Å². The van der Waals surface area contributed by atoms with E-state index < -0.39 is 0 Å². The van der Waals surface area contributed by atoms with E-state index in [4.69, 9.17) is 5.11 Å². The monoisotopic (exact) mass is 222 g/mol. The van der Waals surface area contributed by atoms with Gasteiger partial charge in [-0.3, -0.25) is 9.88 Å². The molecular formula is C12H18N2O2. The highest BCUT2D eigenvalue weighted by atomic mass is 16.3. The summed E-state index contributed by atoms with van der Waals surface area (Å²) in [6, 6.07) is 4.04. The zero-order chi connectivity index (χ0) is 11.5. The average molecular weight is 222 g/mol. The molecule has 1 aliphatic carbocycles. The molecule has 0 bridgehead atoms. The van der Waals surface area contributed by atoms with Crippen molar-refractivity contribution >= 4 is 0 Å². The first-order chi connectivity index (χ1) is 7.70. The molecule has 4 heteroatoms. The minimum atomic E-state index is 0.156. The molecule has 1 aromatic heterocycles. The molecule has 2 N–H and O–H groups in total. The van der Waals surface area contributed by atoms with Crippen molar-refractivity contribution in [3.63, 3.8) is 0 Å². The molecule has 0 atom stereocenters. The predicted molar refractivity (Wildman–Crippen MR) is 61.2 cm³/mol. The second kappa shape index (κ2) is 4.80. The van der Waals surface area contributed by atoms with Crippen LogP contribution < -0.4 is 0 Å². The Morgan fingerprint density at radius 2 is 2.19 bits per heavy atom. The van der Waals surface area contributed by atoms with E-state index in [0.29, 0.717) is 24.8 Å². The molecular weight excluding hydrogens is 204 g/mol. The van der Waals surface area contributed by atoms with Crippen LogP contribution in [0.1, 0.15) is 24.2 Å². The number of aromatic nitrogens is 1. The summed E-state index contributed by atoms with van der Waals surface area (Å²) in [6.07, 6.45) is 2.37. The Labute approximate surface area is 95.5 Å². The second-order valence-electron chi connectivity index (χ2n) is 4.34. The van der Waals surface area contributed by atoms with Gasteiger partial charge < -0.3 is 10.2 Å². The molecule has 0 saturated heterocycles. The lowest BCUT2D eigenvalue weighted by Crippen LogP contribution is -2.29. The van der Waals surface area contributed by atoms with Crippen LogP contribution in [0, 0.1) is 6.92 Å². The number of pyridine rings is 1. The van der Waals surface area contributed by atoms with Gasteiger partial charge >= 0.3 is 0 Å². The number of rotatable bonds is 5. The molecule has 0 aliphatic heterocycles. The van der Waals surface area contributed by atoms with E-state index in [2.05, 4.69) is 9.88 Å². The molecule has 0 amide bonds. The maximum atomic E-state index is 9.70. The number of aryl methyl sites for hydroxylation is 1. The number of nitrogens with zero attached hydrogens (tertiary/aromatic N) is 2. The van der Waals surface area contributed by atoms with Gasteiger partial charge in [-0.05, 0) is 31.9 Å². The Bertz CT molecular complexity index is 364. The molecule has 0 aromatic carbocycles. The Hall–Kier alpha value is -1.13. The molecule has 1 heterocycles. The zero-order valence-corrected chi connectivity index (χ0v) is 9.56. The summed E-state index contributed by atoms with van der Waals surface area (Å²) in [5, 5.41) is 18.7. The van der Waals surface area contributed by atoms with Crippen molar-refractivity contribution in [2.75, 3.05) is 13.2 Å². The van der Waals surface area contributed by atoms with Gasteiger partial charge in [0.2, 0.25) is 0 Å². The SMILES string of the molecule is Cc1ccc(O)c(CN(CCO)C2CC2)n1. The fourth-order valence-electron chi connectivity index (χ4n) is 1.87. The van der Waals surface area contributed by atoms with E-state index in [1.54, 1.807) is 12.1 Å². The summed E-state index contributed by atoms with van der Waals surface area (Å²) < 4.78 is 0. The summed E-state index contributed by atoms with van der Waals surface area (Å²) >= 11 is 0. The van der Waals surface area contributed by atoms with Crippen LogP contribution in [-0.2, 0) is 6.54 Å². The molecule has 1 aliphatic rings. The van der Waals surface area contributed by atoms with E-state index in [1.807, 2.05) is 6.92 Å². The third kappa shape index (κ3) is 2.71. The summed E-state index contributed by atoms with van der Waals surface area (Å²) in [4.78, 5) is 6.51. The minimum absolute atomic E-state index is 0.156. The highest BCUT2D eigenvalue weighted by Gasteiger charge is 2.29. The highest BCUT2D eigenvalue weighted by Crippen LogP contribution is 2.29. The predicted octanol–water partition coefficient (Wildman–Crippen LogP) is 1.05. The van der Waals surface area contributed by atoms with Gasteiger partial charge in [0.15, 0.2) is 0 Å². The van der Waals surface area contributed by atoms with Gasteiger partial charge in [-0.15, -0.1) is 0 Å². The van der Waals surface area contributed by atoms with Crippen molar-refractivity contribution in [3.8, 4) is 5.75 Å². The van der Waals surface area contributed by atoms with Crippen molar-refractivity contribution in [2.24, 2.45) is 0 Å². The Morgan fingerprint density at radius 3 is 2.81 bits per heavy atom. The number of aromatic hydroxyl groups is 1. The zero-order valence-electron chi connectivity index (χ0n) is 9.56. The maximum Gasteiger partial charge on any atom is 0.138 e. The standard InChI is InChI=1S/C12H18N2O2/c1-9-2-5-12(16)11(13-9)8-14(6-7-15)10-3-4-10/h2,5,10,15-16H,3-4,6-8H2,1H3. The normalized spacial score (nSPS) is 15.7. The van der Waals surface area contributed by atoms with Crippen molar-refractivity contribution in [3.05, 3.63) is 23.5 Å². The van der Waals surface area contributed by atoms with Gasteiger partial charge in [0.25, 0.3) is 0 Å².